The number of benzene rings is 2. The van der Waals surface area contributed by atoms with E-state index < -0.39 is 33.9 Å². The van der Waals surface area contributed by atoms with Gasteiger partial charge in [-0.05, 0) is 36.8 Å². The van der Waals surface area contributed by atoms with E-state index in [0.717, 1.165) is 17.5 Å². The fraction of sp³-hybridized carbons (Fsp3) is 0.333. The number of rotatable bonds is 10. The number of carbonyl (C=O) groups is 3. The number of carboxylic acids is 1. The van der Waals surface area contributed by atoms with Crippen LogP contribution in [0.4, 0.5) is 0 Å². The number of amides is 2. The normalized spacial score (nSPS) is 15.0. The van der Waals surface area contributed by atoms with Crippen molar-refractivity contribution in [1.29, 1.82) is 0 Å². The lowest BCUT2D eigenvalue weighted by Crippen LogP contribution is -2.56. The second-order valence-corrected chi connectivity index (χ2v) is 9.71. The van der Waals surface area contributed by atoms with Crippen LogP contribution in [-0.2, 0) is 35.7 Å². The van der Waals surface area contributed by atoms with Gasteiger partial charge in [0, 0.05) is 18.6 Å². The molecule has 39 heavy (non-hydrogen) atoms. The van der Waals surface area contributed by atoms with Crippen molar-refractivity contribution in [3.8, 4) is 11.5 Å². The third kappa shape index (κ3) is 9.24. The van der Waals surface area contributed by atoms with E-state index in [0.29, 0.717) is 11.3 Å². The zero-order chi connectivity index (χ0) is 29.2. The van der Waals surface area contributed by atoms with E-state index in [1.165, 1.54) is 26.4 Å². The molecule has 1 heterocycles. The average molecular weight is 566 g/mol. The number of carboxylic acid groups (broad SMARTS) is 1. The van der Waals surface area contributed by atoms with Crippen molar-refractivity contribution in [3.63, 3.8) is 0 Å². The lowest BCUT2D eigenvalue weighted by Gasteiger charge is -2.32. The highest BCUT2D eigenvalue weighted by Crippen LogP contribution is 2.28. The van der Waals surface area contributed by atoms with Gasteiger partial charge in [-0.2, -0.15) is 0 Å². The Hall–Kier alpha value is -4.21. The first-order valence-corrected chi connectivity index (χ1v) is 12.9. The molecule has 6 N–H and O–H groups in total. The summed E-state index contributed by atoms with van der Waals surface area (Å²) in [6, 6.07) is 11.3. The molecule has 1 saturated heterocycles. The zero-order valence-electron chi connectivity index (χ0n) is 21.6. The Bertz CT molecular complexity index is 1300. The monoisotopic (exact) mass is 565 g/mol. The Morgan fingerprint density at radius 2 is 1.82 bits per heavy atom. The summed E-state index contributed by atoms with van der Waals surface area (Å²) in [7, 11) is -1.47. The minimum absolute atomic E-state index is 0.0316. The van der Waals surface area contributed by atoms with Crippen LogP contribution in [0, 0.1) is 0 Å². The Morgan fingerprint density at radius 1 is 1.18 bits per heavy atom. The molecule has 1 fully saturated rings. The van der Waals surface area contributed by atoms with Crippen molar-refractivity contribution in [2.75, 3.05) is 27.4 Å². The van der Waals surface area contributed by atoms with Crippen LogP contribution in [0.1, 0.15) is 24.5 Å². The van der Waals surface area contributed by atoms with Crippen molar-refractivity contribution in [2.45, 2.75) is 30.9 Å². The third-order valence-corrected chi connectivity index (χ3v) is 6.57. The van der Waals surface area contributed by atoms with E-state index in [1.54, 1.807) is 30.3 Å². The number of nitrogens with zero attached hydrogens (tertiary/aromatic N) is 1. The second-order valence-electron chi connectivity index (χ2n) is 8.09. The van der Waals surface area contributed by atoms with Gasteiger partial charge in [-0.15, -0.1) is 4.83 Å². The number of hydrogen-bond donors (Lipinski definition) is 4. The summed E-state index contributed by atoms with van der Waals surface area (Å²) in [6.07, 6.45) is -1.42. The quantitative estimate of drug-likeness (QED) is 0.170. The highest BCUT2D eigenvalue weighted by molar-refractivity contribution is 7.89. The Labute approximate surface area is 225 Å². The van der Waals surface area contributed by atoms with Crippen LogP contribution >= 0.6 is 0 Å². The lowest BCUT2D eigenvalue weighted by atomic mass is 10.1. The van der Waals surface area contributed by atoms with Crippen LogP contribution in [0.25, 0.3) is 0 Å². The molecular weight excluding hydrogens is 534 g/mol. The van der Waals surface area contributed by atoms with E-state index >= 15 is 0 Å². The molecule has 1 aliphatic rings. The molecule has 212 valence electrons. The van der Waals surface area contributed by atoms with Gasteiger partial charge in [-0.3, -0.25) is 25.7 Å². The summed E-state index contributed by atoms with van der Waals surface area (Å²) in [5, 5.41) is 18.0. The molecule has 2 amide bonds. The number of nitrogens with two attached hydrogens (primary N) is 2. The number of aliphatic carboxylic acids is 1. The van der Waals surface area contributed by atoms with Gasteiger partial charge in [0.1, 0.15) is 22.5 Å². The summed E-state index contributed by atoms with van der Waals surface area (Å²) >= 11 is 0. The van der Waals surface area contributed by atoms with Gasteiger partial charge < -0.3 is 29.4 Å². The number of sulfonamides is 1. The van der Waals surface area contributed by atoms with E-state index in [1.807, 2.05) is 0 Å². The van der Waals surface area contributed by atoms with Crippen LogP contribution in [0.3, 0.4) is 0 Å². The first-order chi connectivity index (χ1) is 18.4. The van der Waals surface area contributed by atoms with Crippen LogP contribution in [0.5, 0.6) is 11.5 Å². The first kappa shape index (κ1) is 31.0. The van der Waals surface area contributed by atoms with Crippen molar-refractivity contribution in [2.24, 2.45) is 5.73 Å². The lowest BCUT2D eigenvalue weighted by molar-refractivity contribution is -0.302. The molecule has 0 radical (unpaired) electrons. The van der Waals surface area contributed by atoms with Crippen LogP contribution in [0.2, 0.25) is 0 Å². The second kappa shape index (κ2) is 14.1. The first-order valence-electron chi connectivity index (χ1n) is 11.5. The predicted octanol–water partition coefficient (Wildman–Crippen LogP) is -2.95. The standard InChI is InChI=1S/C22H27N5O7S.C2H4O2/c1-32-16-7-8-17(33-2)19(11-16)35(30,31)26-27-9-10-34-18(22(27)29)12-20(28)25-13-14-3-5-15(6-4-14)21(23)24;1-2(3)4/h3-8,11,18,26H,9-10,12-13H2,1-2H3,(H3,23,24)(H,25,28);1H3,(H,3,4)/t18-;/m0./s1. The topological polar surface area (TPSA) is 215 Å². The Morgan fingerprint density at radius 3 is 2.38 bits per heavy atom. The molecule has 15 heteroatoms. The van der Waals surface area contributed by atoms with E-state index in [-0.39, 0.29) is 42.6 Å². The van der Waals surface area contributed by atoms with Crippen LogP contribution in [-0.4, -0.2) is 70.5 Å². The van der Waals surface area contributed by atoms with Gasteiger partial charge >= 0.3 is 0 Å². The molecule has 3 rings (SSSR count). The molecule has 0 aromatic heterocycles. The third-order valence-electron chi connectivity index (χ3n) is 5.21. The molecule has 14 nitrogen and oxygen atoms in total. The smallest absolute Gasteiger partial charge is 0.270 e. The number of nitrogens with one attached hydrogen (secondary N) is 2. The average Bonchev–Trinajstić information content (AvgIpc) is 2.89. The highest BCUT2D eigenvalue weighted by Gasteiger charge is 2.35. The molecule has 0 aliphatic carbocycles. The summed E-state index contributed by atoms with van der Waals surface area (Å²) in [5.41, 5.74) is 7.02. The molecule has 2 aromatic rings. The largest absolute Gasteiger partial charge is 0.550 e. The zero-order valence-corrected chi connectivity index (χ0v) is 22.4. The van der Waals surface area contributed by atoms with E-state index in [9.17, 15) is 18.0 Å². The van der Waals surface area contributed by atoms with Crippen molar-refractivity contribution < 1.29 is 47.5 Å². The highest BCUT2D eigenvalue weighted by atomic mass is 32.2. The van der Waals surface area contributed by atoms with Gasteiger partial charge in [0.2, 0.25) is 5.91 Å². The SMILES string of the molecule is CC(=O)[O-].COc1ccc(OC)c(S(=O)(=O)NN2CCO[C@@H](CC(=O)NCc3ccc(C(N)=[NH2+])cc3)C2=O)c1. The summed E-state index contributed by atoms with van der Waals surface area (Å²) < 4.78 is 41.6. The molecule has 0 spiro atoms. The number of methoxy groups -OCH3 is 2. The fourth-order valence-electron chi connectivity index (χ4n) is 3.32. The number of hydrazine groups is 1. The van der Waals surface area contributed by atoms with E-state index in [4.69, 9.17) is 35.3 Å². The number of morpholine rings is 1. The molecule has 0 saturated carbocycles. The Balaban J connectivity index is 0.00000124. The maximum atomic E-state index is 13.0. The summed E-state index contributed by atoms with van der Waals surface area (Å²) in [6.45, 7) is 1.20. The van der Waals surface area contributed by atoms with Crippen LogP contribution < -0.4 is 35.9 Å². The van der Waals surface area contributed by atoms with Crippen molar-refractivity contribution in [1.82, 2.24) is 15.2 Å². The number of hydrogen-bond acceptors (Lipinski definition) is 9. The molecule has 0 bridgehead atoms. The summed E-state index contributed by atoms with van der Waals surface area (Å²) in [4.78, 5) is 36.2. The van der Waals surface area contributed by atoms with Gasteiger partial charge in [-0.1, -0.05) is 12.1 Å². The number of amidine groups is 1. The van der Waals surface area contributed by atoms with E-state index in [2.05, 4.69) is 10.1 Å². The molecule has 1 aliphatic heterocycles. The predicted molar refractivity (Wildman–Crippen MR) is 135 cm³/mol. The van der Waals surface area contributed by atoms with Gasteiger partial charge in [0.25, 0.3) is 21.8 Å². The van der Waals surface area contributed by atoms with Gasteiger partial charge in [0.05, 0.1) is 39.4 Å². The summed E-state index contributed by atoms with van der Waals surface area (Å²) in [5.74, 6) is -1.63. The van der Waals surface area contributed by atoms with Gasteiger partial charge in [0.15, 0.2) is 0 Å². The molecular formula is C24H31N5O9S. The van der Waals surface area contributed by atoms with Gasteiger partial charge in [-0.25, -0.2) is 8.42 Å². The minimum atomic E-state index is -4.20. The van der Waals surface area contributed by atoms with Crippen LogP contribution in [0.15, 0.2) is 47.4 Å². The Kier molecular flexibility index (Phi) is 11.2. The molecule has 0 unspecified atom stereocenters. The van der Waals surface area contributed by atoms with Crippen molar-refractivity contribution >= 4 is 33.6 Å². The maximum absolute atomic E-state index is 13.0. The maximum Gasteiger partial charge on any atom is 0.270 e. The molecule has 1 atom stereocenters. The van der Waals surface area contributed by atoms with Crippen molar-refractivity contribution in [3.05, 3.63) is 53.6 Å². The number of carbonyl (C=O) groups excluding carboxylic acids is 3. The molecule has 2 aromatic carbocycles. The fourth-order valence-corrected chi connectivity index (χ4v) is 4.58. The minimum Gasteiger partial charge on any atom is -0.550 e. The number of ether oxygens (including phenoxy) is 3.